The maximum absolute atomic E-state index is 14.8. The lowest BCUT2D eigenvalue weighted by Crippen LogP contribution is -2.37. The molecule has 2 aliphatic heterocycles. The van der Waals surface area contributed by atoms with Gasteiger partial charge in [-0.2, -0.15) is 5.26 Å². The molecule has 2 saturated heterocycles. The number of rotatable bonds is 5. The lowest BCUT2D eigenvalue weighted by atomic mass is 9.99. The van der Waals surface area contributed by atoms with Crippen molar-refractivity contribution in [3.8, 4) is 6.07 Å². The van der Waals surface area contributed by atoms with E-state index in [0.29, 0.717) is 24.5 Å². The Morgan fingerprint density at radius 2 is 2.14 bits per heavy atom. The van der Waals surface area contributed by atoms with E-state index in [2.05, 4.69) is 11.4 Å². The normalized spacial score (nSPS) is 19.0. The van der Waals surface area contributed by atoms with Crippen molar-refractivity contribution in [3.05, 3.63) is 35.2 Å². The Balaban J connectivity index is 1.65. The molecule has 0 spiro atoms. The van der Waals surface area contributed by atoms with Gasteiger partial charge in [0, 0.05) is 18.7 Å². The minimum Gasteiger partial charge on any atom is -0.442 e. The van der Waals surface area contributed by atoms with Crippen molar-refractivity contribution in [2.24, 2.45) is 5.73 Å². The molecule has 154 valence electrons. The Kier molecular flexibility index (Phi) is 6.34. The van der Waals surface area contributed by atoms with Crippen LogP contribution in [0.25, 0.3) is 0 Å². The van der Waals surface area contributed by atoms with Gasteiger partial charge in [0.1, 0.15) is 11.9 Å². The van der Waals surface area contributed by atoms with E-state index in [1.165, 1.54) is 11.0 Å². The maximum atomic E-state index is 14.8. The summed E-state index contributed by atoms with van der Waals surface area (Å²) in [6.07, 6.45) is 0.366. The number of cyclic esters (lactones) is 1. The van der Waals surface area contributed by atoms with Crippen LogP contribution in [0.2, 0.25) is 0 Å². The molecule has 29 heavy (non-hydrogen) atoms. The van der Waals surface area contributed by atoms with Crippen LogP contribution in [0.1, 0.15) is 19.8 Å². The topological polar surface area (TPSA) is 112 Å². The average Bonchev–Trinajstić information content (AvgIpc) is 3.12. The van der Waals surface area contributed by atoms with Gasteiger partial charge in [0.05, 0.1) is 37.1 Å². The van der Waals surface area contributed by atoms with Crippen LogP contribution in [0.4, 0.5) is 20.6 Å². The fourth-order valence-corrected chi connectivity index (χ4v) is 3.53. The van der Waals surface area contributed by atoms with Crippen molar-refractivity contribution in [2.45, 2.75) is 25.9 Å². The van der Waals surface area contributed by atoms with Crippen LogP contribution in [-0.4, -0.2) is 50.8 Å². The molecular weight excluding hydrogens is 377 g/mol. The van der Waals surface area contributed by atoms with Gasteiger partial charge in [-0.25, -0.2) is 9.18 Å². The molecule has 0 radical (unpaired) electrons. The highest BCUT2D eigenvalue weighted by Crippen LogP contribution is 2.30. The van der Waals surface area contributed by atoms with Crippen LogP contribution in [-0.2, 0) is 9.53 Å². The summed E-state index contributed by atoms with van der Waals surface area (Å²) in [6, 6.07) is 6.84. The zero-order valence-corrected chi connectivity index (χ0v) is 16.3. The summed E-state index contributed by atoms with van der Waals surface area (Å²) in [5.41, 5.74) is 7.97. The van der Waals surface area contributed by atoms with Crippen molar-refractivity contribution < 1.29 is 18.7 Å². The number of halogens is 1. The van der Waals surface area contributed by atoms with Crippen molar-refractivity contribution >= 4 is 23.4 Å². The number of carbonyl (C=O) groups excluding carboxylic acids is 2. The Hall–Kier alpha value is -3.12. The Bertz CT molecular complexity index is 869. The Morgan fingerprint density at radius 1 is 1.41 bits per heavy atom. The van der Waals surface area contributed by atoms with Crippen molar-refractivity contribution in [2.75, 3.05) is 42.5 Å². The Labute approximate surface area is 168 Å². The molecule has 8 nitrogen and oxygen atoms in total. The summed E-state index contributed by atoms with van der Waals surface area (Å²) in [5, 5.41) is 11.6. The van der Waals surface area contributed by atoms with Crippen LogP contribution >= 0.6 is 0 Å². The highest BCUT2D eigenvalue weighted by Gasteiger charge is 2.33. The fourth-order valence-electron chi connectivity index (χ4n) is 3.53. The lowest BCUT2D eigenvalue weighted by Gasteiger charge is -2.31. The third-order valence-corrected chi connectivity index (χ3v) is 5.24. The molecule has 3 rings (SSSR count). The average molecular weight is 401 g/mol. The number of hydrogen-bond acceptors (Lipinski definition) is 6. The largest absolute Gasteiger partial charge is 0.442 e. The van der Waals surface area contributed by atoms with E-state index >= 15 is 0 Å². The summed E-state index contributed by atoms with van der Waals surface area (Å²) < 4.78 is 20.0. The zero-order chi connectivity index (χ0) is 21.0. The van der Waals surface area contributed by atoms with E-state index in [1.54, 1.807) is 12.1 Å². The first-order valence-corrected chi connectivity index (χ1v) is 9.51. The molecule has 2 fully saturated rings. The molecule has 1 aromatic carbocycles. The van der Waals surface area contributed by atoms with Crippen LogP contribution in [0.15, 0.2) is 29.3 Å². The van der Waals surface area contributed by atoms with Crippen molar-refractivity contribution in [1.82, 2.24) is 5.32 Å². The van der Waals surface area contributed by atoms with E-state index < -0.39 is 18.0 Å². The van der Waals surface area contributed by atoms with E-state index in [-0.39, 0.29) is 25.5 Å². The van der Waals surface area contributed by atoms with Crippen LogP contribution in [0, 0.1) is 17.1 Å². The number of ether oxygens (including phenoxy) is 1. The number of nitrogens with two attached hydrogens (primary N) is 1. The second-order valence-electron chi connectivity index (χ2n) is 7.09. The van der Waals surface area contributed by atoms with Crippen molar-refractivity contribution in [3.63, 3.8) is 0 Å². The van der Waals surface area contributed by atoms with E-state index in [4.69, 9.17) is 15.7 Å². The fraction of sp³-hybridized carbons (Fsp3) is 0.450. The number of allylic oxidation sites excluding steroid dienone is 1. The second kappa shape index (κ2) is 8.92. The van der Waals surface area contributed by atoms with Crippen LogP contribution in [0.5, 0.6) is 0 Å². The molecule has 1 aromatic rings. The summed E-state index contributed by atoms with van der Waals surface area (Å²) in [6.45, 7) is 3.32. The summed E-state index contributed by atoms with van der Waals surface area (Å²) in [7, 11) is 0. The molecular formula is C20H24FN5O3. The smallest absolute Gasteiger partial charge is 0.414 e. The number of amides is 2. The molecule has 2 amide bonds. The monoisotopic (exact) mass is 401 g/mol. The molecule has 0 unspecified atom stereocenters. The number of anilines is 2. The molecule has 0 aromatic heterocycles. The van der Waals surface area contributed by atoms with E-state index in [1.807, 2.05) is 11.8 Å². The predicted molar refractivity (Wildman–Crippen MR) is 106 cm³/mol. The number of nitriles is 1. The second-order valence-corrected chi connectivity index (χ2v) is 7.09. The zero-order valence-electron chi connectivity index (χ0n) is 16.3. The number of benzene rings is 1. The molecule has 0 bridgehead atoms. The molecule has 0 aliphatic carbocycles. The minimum atomic E-state index is -0.580. The van der Waals surface area contributed by atoms with Crippen LogP contribution in [0.3, 0.4) is 0 Å². The van der Waals surface area contributed by atoms with E-state index in [9.17, 15) is 14.0 Å². The van der Waals surface area contributed by atoms with Gasteiger partial charge in [0.25, 0.3) is 0 Å². The number of hydrogen-bond donors (Lipinski definition) is 2. The summed E-state index contributed by atoms with van der Waals surface area (Å²) in [5.74, 6) is -0.751. The number of piperidine rings is 1. The van der Waals surface area contributed by atoms with Gasteiger partial charge in [-0.1, -0.05) is 5.57 Å². The first-order valence-electron chi connectivity index (χ1n) is 9.51. The Morgan fingerprint density at radius 3 is 2.76 bits per heavy atom. The molecule has 3 N–H and O–H groups in total. The van der Waals surface area contributed by atoms with Gasteiger partial charge < -0.3 is 20.7 Å². The highest BCUT2D eigenvalue weighted by atomic mass is 19.1. The van der Waals surface area contributed by atoms with Gasteiger partial charge in [0.2, 0.25) is 5.91 Å². The third-order valence-electron chi connectivity index (χ3n) is 5.24. The lowest BCUT2D eigenvalue weighted by molar-refractivity contribution is -0.120. The van der Waals surface area contributed by atoms with E-state index in [0.717, 1.165) is 24.0 Å². The van der Waals surface area contributed by atoms with Gasteiger partial charge in [-0.3, -0.25) is 9.69 Å². The third kappa shape index (κ3) is 4.66. The number of carbonyl (C=O) groups is 2. The SMILES string of the molecule is CC(C#N)=C1CCN(c2ccc(N3C[C@H](CNC(=O)CN)OC3=O)cc2F)CC1. The molecule has 2 aliphatic rings. The first kappa shape index (κ1) is 20.6. The minimum absolute atomic E-state index is 0.138. The summed E-state index contributed by atoms with van der Waals surface area (Å²) in [4.78, 5) is 26.7. The van der Waals surface area contributed by atoms with Gasteiger partial charge in [-0.15, -0.1) is 0 Å². The number of nitrogens with one attached hydrogen (secondary N) is 1. The maximum Gasteiger partial charge on any atom is 0.414 e. The number of nitrogens with zero attached hydrogens (tertiary/aromatic N) is 3. The van der Waals surface area contributed by atoms with Gasteiger partial charge in [0.15, 0.2) is 0 Å². The van der Waals surface area contributed by atoms with Gasteiger partial charge >= 0.3 is 6.09 Å². The predicted octanol–water partition coefficient (Wildman–Crippen LogP) is 1.67. The standard InChI is InChI=1S/C20H24FN5O3/c1-13(9-22)14-4-6-25(7-5-14)18-3-2-15(8-17(18)21)26-12-16(29-20(26)28)11-24-19(27)10-23/h2-3,8,16H,4-7,10-12,23H2,1H3,(H,24,27)/t16-/m0/s1. The molecule has 0 saturated carbocycles. The molecule has 9 heteroatoms. The molecule has 1 atom stereocenters. The quantitative estimate of drug-likeness (QED) is 0.726. The van der Waals surface area contributed by atoms with Crippen LogP contribution < -0.4 is 20.9 Å². The molecule has 2 heterocycles. The summed E-state index contributed by atoms with van der Waals surface area (Å²) >= 11 is 0. The first-order chi connectivity index (χ1) is 13.9. The van der Waals surface area contributed by atoms with Crippen molar-refractivity contribution in [1.29, 1.82) is 5.26 Å². The van der Waals surface area contributed by atoms with Gasteiger partial charge in [-0.05, 0) is 38.0 Å². The highest BCUT2D eigenvalue weighted by molar-refractivity contribution is 5.90.